The SMILES string of the molecule is Cn1cc(C2CSCCN2CC(=O)OC(C)(C)C)cn1. The highest BCUT2D eigenvalue weighted by molar-refractivity contribution is 7.99. The van der Waals surface area contributed by atoms with E-state index in [1.807, 2.05) is 52.0 Å². The van der Waals surface area contributed by atoms with Crippen molar-refractivity contribution >= 4 is 17.7 Å². The molecule has 0 N–H and O–H groups in total. The van der Waals surface area contributed by atoms with Gasteiger partial charge in [-0.25, -0.2) is 0 Å². The number of thioether (sulfide) groups is 1. The number of carbonyl (C=O) groups excluding carboxylic acids is 1. The molecule has 0 saturated carbocycles. The first kappa shape index (κ1) is 15.4. The molecule has 2 heterocycles. The van der Waals surface area contributed by atoms with Gasteiger partial charge in [-0.05, 0) is 20.8 Å². The third kappa shape index (κ3) is 4.24. The van der Waals surface area contributed by atoms with Gasteiger partial charge in [-0.2, -0.15) is 16.9 Å². The van der Waals surface area contributed by atoms with Gasteiger partial charge >= 0.3 is 5.97 Å². The first-order chi connectivity index (χ1) is 9.35. The lowest BCUT2D eigenvalue weighted by Crippen LogP contribution is -2.41. The number of carbonyl (C=O) groups is 1. The number of nitrogens with zero attached hydrogens (tertiary/aromatic N) is 3. The molecule has 1 aromatic heterocycles. The lowest BCUT2D eigenvalue weighted by atomic mass is 10.1. The second-order valence-electron chi connectivity index (χ2n) is 6.09. The van der Waals surface area contributed by atoms with Crippen LogP contribution in [0, 0.1) is 0 Å². The van der Waals surface area contributed by atoms with Gasteiger partial charge in [0.2, 0.25) is 0 Å². The quantitative estimate of drug-likeness (QED) is 0.797. The number of aromatic nitrogens is 2. The van der Waals surface area contributed by atoms with E-state index in [0.29, 0.717) is 6.54 Å². The van der Waals surface area contributed by atoms with Crippen molar-refractivity contribution in [1.29, 1.82) is 0 Å². The molecule has 0 radical (unpaired) electrons. The molecule has 0 spiro atoms. The van der Waals surface area contributed by atoms with Crippen molar-refractivity contribution in [3.8, 4) is 0 Å². The summed E-state index contributed by atoms with van der Waals surface area (Å²) in [6, 6.07) is 0.245. The Hall–Kier alpha value is -1.01. The van der Waals surface area contributed by atoms with Crippen molar-refractivity contribution in [1.82, 2.24) is 14.7 Å². The minimum atomic E-state index is -0.425. The maximum atomic E-state index is 12.0. The van der Waals surface area contributed by atoms with E-state index >= 15 is 0 Å². The molecule has 1 unspecified atom stereocenters. The lowest BCUT2D eigenvalue weighted by molar-refractivity contribution is -0.156. The maximum absolute atomic E-state index is 12.0. The molecule has 5 nitrogen and oxygen atoms in total. The van der Waals surface area contributed by atoms with Crippen molar-refractivity contribution in [3.05, 3.63) is 18.0 Å². The molecule has 6 heteroatoms. The summed E-state index contributed by atoms with van der Waals surface area (Å²) in [5.74, 6) is 1.90. The molecule has 0 aliphatic carbocycles. The molecule has 1 aromatic rings. The lowest BCUT2D eigenvalue weighted by Gasteiger charge is -2.34. The fraction of sp³-hybridized carbons (Fsp3) is 0.714. The van der Waals surface area contributed by atoms with Gasteiger partial charge in [-0.15, -0.1) is 0 Å². The summed E-state index contributed by atoms with van der Waals surface area (Å²) in [5, 5.41) is 4.23. The van der Waals surface area contributed by atoms with Gasteiger partial charge in [0.25, 0.3) is 0 Å². The van der Waals surface area contributed by atoms with E-state index in [-0.39, 0.29) is 12.0 Å². The zero-order chi connectivity index (χ0) is 14.8. The summed E-state index contributed by atoms with van der Waals surface area (Å²) < 4.78 is 7.23. The summed E-state index contributed by atoms with van der Waals surface area (Å²) in [7, 11) is 1.91. The topological polar surface area (TPSA) is 47.4 Å². The minimum absolute atomic E-state index is 0.154. The van der Waals surface area contributed by atoms with Crippen molar-refractivity contribution in [2.45, 2.75) is 32.4 Å². The number of ether oxygens (including phenoxy) is 1. The van der Waals surface area contributed by atoms with E-state index in [1.54, 1.807) is 4.68 Å². The Morgan fingerprint density at radius 3 is 2.90 bits per heavy atom. The first-order valence-corrected chi connectivity index (χ1v) is 8.03. The molecule has 1 fully saturated rings. The summed E-state index contributed by atoms with van der Waals surface area (Å²) in [5.41, 5.74) is 0.745. The second kappa shape index (κ2) is 6.18. The average molecular weight is 297 g/mol. The molecule has 0 bridgehead atoms. The number of esters is 1. The van der Waals surface area contributed by atoms with Crippen LogP contribution < -0.4 is 0 Å². The maximum Gasteiger partial charge on any atom is 0.320 e. The largest absolute Gasteiger partial charge is 0.459 e. The van der Waals surface area contributed by atoms with Crippen LogP contribution in [0.5, 0.6) is 0 Å². The summed E-state index contributed by atoms with van der Waals surface area (Å²) >= 11 is 1.92. The Balaban J connectivity index is 2.02. The molecule has 20 heavy (non-hydrogen) atoms. The normalized spacial score (nSPS) is 20.9. The van der Waals surface area contributed by atoms with E-state index in [4.69, 9.17) is 4.74 Å². The third-order valence-corrected chi connectivity index (χ3v) is 4.12. The van der Waals surface area contributed by atoms with Gasteiger partial charge in [-0.1, -0.05) is 0 Å². The highest BCUT2D eigenvalue weighted by Gasteiger charge is 2.28. The predicted molar refractivity (Wildman–Crippen MR) is 80.7 cm³/mol. The van der Waals surface area contributed by atoms with Gasteiger partial charge in [0.05, 0.1) is 12.7 Å². The van der Waals surface area contributed by atoms with Gasteiger partial charge < -0.3 is 4.74 Å². The molecule has 0 amide bonds. The molecular formula is C14H23N3O2S. The fourth-order valence-electron chi connectivity index (χ4n) is 2.29. The average Bonchev–Trinajstić information content (AvgIpc) is 2.74. The third-order valence-electron chi connectivity index (χ3n) is 3.10. The Labute approximate surface area is 124 Å². The standard InChI is InChI=1S/C14H23N3O2S/c1-14(2,3)19-13(18)9-17-5-6-20-10-12(17)11-7-15-16(4)8-11/h7-8,12H,5-6,9-10H2,1-4H3. The smallest absolute Gasteiger partial charge is 0.320 e. The summed E-state index contributed by atoms with van der Waals surface area (Å²) in [4.78, 5) is 14.2. The molecule has 1 aliphatic heterocycles. The van der Waals surface area contributed by atoms with Crippen LogP contribution in [0.1, 0.15) is 32.4 Å². The van der Waals surface area contributed by atoms with Crippen LogP contribution in [0.3, 0.4) is 0 Å². The zero-order valence-corrected chi connectivity index (χ0v) is 13.4. The van der Waals surface area contributed by atoms with Gasteiger partial charge in [0, 0.05) is 42.9 Å². The second-order valence-corrected chi connectivity index (χ2v) is 7.24. The minimum Gasteiger partial charge on any atom is -0.459 e. The van der Waals surface area contributed by atoms with Crippen LogP contribution in [0.2, 0.25) is 0 Å². The van der Waals surface area contributed by atoms with Crippen molar-refractivity contribution in [2.75, 3.05) is 24.6 Å². The van der Waals surface area contributed by atoms with Crippen LogP contribution in [0.4, 0.5) is 0 Å². The molecule has 1 saturated heterocycles. The Bertz CT molecular complexity index is 467. The van der Waals surface area contributed by atoms with Crippen LogP contribution in [-0.2, 0) is 16.6 Å². The van der Waals surface area contributed by atoms with E-state index < -0.39 is 5.60 Å². The molecule has 0 aromatic carbocycles. The van der Waals surface area contributed by atoms with Crippen molar-refractivity contribution in [3.63, 3.8) is 0 Å². The molecule has 1 aliphatic rings. The van der Waals surface area contributed by atoms with Crippen LogP contribution in [-0.4, -0.2) is 50.8 Å². The van der Waals surface area contributed by atoms with Crippen LogP contribution in [0.15, 0.2) is 12.4 Å². The summed E-state index contributed by atoms with van der Waals surface area (Å²) in [6.07, 6.45) is 3.91. The van der Waals surface area contributed by atoms with Crippen molar-refractivity contribution in [2.24, 2.45) is 7.05 Å². The zero-order valence-electron chi connectivity index (χ0n) is 12.6. The van der Waals surface area contributed by atoms with Crippen LogP contribution >= 0.6 is 11.8 Å². The monoisotopic (exact) mass is 297 g/mol. The van der Waals surface area contributed by atoms with E-state index in [9.17, 15) is 4.79 Å². The number of rotatable bonds is 3. The fourth-order valence-corrected chi connectivity index (χ4v) is 3.44. The van der Waals surface area contributed by atoms with E-state index in [2.05, 4.69) is 10.00 Å². The highest BCUT2D eigenvalue weighted by Crippen LogP contribution is 2.29. The Kier molecular flexibility index (Phi) is 4.75. The molecule has 2 rings (SSSR count). The highest BCUT2D eigenvalue weighted by atomic mass is 32.2. The van der Waals surface area contributed by atoms with Crippen molar-refractivity contribution < 1.29 is 9.53 Å². The van der Waals surface area contributed by atoms with E-state index in [1.165, 1.54) is 5.56 Å². The van der Waals surface area contributed by atoms with Gasteiger partial charge in [0.15, 0.2) is 0 Å². The first-order valence-electron chi connectivity index (χ1n) is 6.87. The Morgan fingerprint density at radius 2 is 2.30 bits per heavy atom. The molecule has 1 atom stereocenters. The molecular weight excluding hydrogens is 274 g/mol. The molecule has 112 valence electrons. The van der Waals surface area contributed by atoms with Gasteiger partial charge in [-0.3, -0.25) is 14.4 Å². The predicted octanol–water partition coefficient (Wildman–Crippen LogP) is 1.85. The van der Waals surface area contributed by atoms with E-state index in [0.717, 1.165) is 18.1 Å². The number of hydrogen-bond donors (Lipinski definition) is 0. The number of aryl methyl sites for hydroxylation is 1. The Morgan fingerprint density at radius 1 is 1.55 bits per heavy atom. The van der Waals surface area contributed by atoms with Crippen LogP contribution in [0.25, 0.3) is 0 Å². The summed E-state index contributed by atoms with van der Waals surface area (Å²) in [6.45, 7) is 6.95. The number of hydrogen-bond acceptors (Lipinski definition) is 5. The van der Waals surface area contributed by atoms with Gasteiger partial charge in [0.1, 0.15) is 5.60 Å².